The van der Waals surface area contributed by atoms with Gasteiger partial charge >= 0.3 is 0 Å². The molecule has 0 radical (unpaired) electrons. The Hall–Kier alpha value is -1.89. The molecule has 1 amide bonds. The first-order valence-electron chi connectivity index (χ1n) is 9.54. The number of rotatable bonds is 4. The third kappa shape index (κ3) is 3.56. The number of carbonyl (C=O) groups is 1. The summed E-state index contributed by atoms with van der Waals surface area (Å²) < 4.78 is 27.9. The van der Waals surface area contributed by atoms with E-state index in [4.69, 9.17) is 11.6 Å². The Labute approximate surface area is 171 Å². The lowest BCUT2D eigenvalue weighted by Gasteiger charge is -2.26. The standard InChI is InChI=1S/C21H23ClN2O3S/c1-15-5-11-18(12-6-15)28(26,27)24-19(16-7-9-17(22)10-8-16)20(24)21(25)23-13-3-2-4-14-23/h5-12,19-20H,2-4,13-14H2,1H3/t19-,20-,24?/m1/s1. The lowest BCUT2D eigenvalue weighted by Crippen LogP contribution is -2.40. The number of piperidine rings is 1. The Morgan fingerprint density at radius 2 is 1.57 bits per heavy atom. The molecular formula is C21H23ClN2O3S. The highest BCUT2D eigenvalue weighted by atomic mass is 35.5. The smallest absolute Gasteiger partial charge is 0.244 e. The van der Waals surface area contributed by atoms with Gasteiger partial charge in [0.2, 0.25) is 15.9 Å². The number of halogens is 1. The maximum atomic E-state index is 13.3. The molecule has 2 aromatic carbocycles. The van der Waals surface area contributed by atoms with Gasteiger partial charge in [-0.15, -0.1) is 0 Å². The van der Waals surface area contributed by atoms with Crippen LogP contribution in [-0.2, 0) is 14.8 Å². The number of benzene rings is 2. The van der Waals surface area contributed by atoms with E-state index in [2.05, 4.69) is 0 Å². The molecule has 1 unspecified atom stereocenters. The molecule has 2 aliphatic heterocycles. The van der Waals surface area contributed by atoms with Gasteiger partial charge in [0.25, 0.3) is 0 Å². The number of aryl methyl sites for hydroxylation is 1. The van der Waals surface area contributed by atoms with E-state index in [9.17, 15) is 13.2 Å². The number of sulfonamides is 1. The minimum Gasteiger partial charge on any atom is -0.341 e. The minimum absolute atomic E-state index is 0.102. The van der Waals surface area contributed by atoms with Gasteiger partial charge in [0.05, 0.1) is 10.9 Å². The van der Waals surface area contributed by atoms with Crippen LogP contribution < -0.4 is 0 Å². The zero-order chi connectivity index (χ0) is 19.9. The molecule has 4 rings (SSSR count). The number of carbonyl (C=O) groups excluding carboxylic acids is 1. The molecule has 2 aromatic rings. The van der Waals surface area contributed by atoms with E-state index in [0.717, 1.165) is 30.4 Å². The third-order valence-electron chi connectivity index (χ3n) is 5.49. The summed E-state index contributed by atoms with van der Waals surface area (Å²) in [4.78, 5) is 15.2. The molecule has 0 N–H and O–H groups in total. The van der Waals surface area contributed by atoms with Gasteiger partial charge in [-0.1, -0.05) is 41.4 Å². The van der Waals surface area contributed by atoms with Crippen molar-refractivity contribution in [3.8, 4) is 0 Å². The zero-order valence-electron chi connectivity index (χ0n) is 15.7. The largest absolute Gasteiger partial charge is 0.341 e. The molecule has 2 fully saturated rings. The summed E-state index contributed by atoms with van der Waals surface area (Å²) in [5, 5.41) is 0.580. The van der Waals surface area contributed by atoms with E-state index in [1.807, 2.05) is 11.8 Å². The molecule has 0 bridgehead atoms. The van der Waals surface area contributed by atoms with Crippen molar-refractivity contribution in [2.24, 2.45) is 0 Å². The molecule has 0 saturated carbocycles. The van der Waals surface area contributed by atoms with Crippen LogP contribution in [0.25, 0.3) is 0 Å². The van der Waals surface area contributed by atoms with Crippen LogP contribution in [0.15, 0.2) is 53.4 Å². The number of hydrogen-bond donors (Lipinski definition) is 0. The van der Waals surface area contributed by atoms with Crippen molar-refractivity contribution in [1.29, 1.82) is 0 Å². The van der Waals surface area contributed by atoms with E-state index in [1.165, 1.54) is 4.31 Å². The number of hydrogen-bond acceptors (Lipinski definition) is 3. The first kappa shape index (κ1) is 19.4. The Kier molecular flexibility index (Phi) is 5.21. The lowest BCUT2D eigenvalue weighted by molar-refractivity contribution is -0.132. The molecule has 2 saturated heterocycles. The fourth-order valence-electron chi connectivity index (χ4n) is 3.88. The van der Waals surface area contributed by atoms with Crippen LogP contribution in [0.2, 0.25) is 5.02 Å². The predicted molar refractivity (Wildman–Crippen MR) is 109 cm³/mol. The molecular weight excluding hydrogens is 396 g/mol. The SMILES string of the molecule is Cc1ccc(S(=O)(=O)N2[C@H](c3ccc(Cl)cc3)[C@@H]2C(=O)N2CCCCC2)cc1. The lowest BCUT2D eigenvalue weighted by atomic mass is 10.1. The van der Waals surface area contributed by atoms with Gasteiger partial charge < -0.3 is 4.90 Å². The van der Waals surface area contributed by atoms with Crippen molar-refractivity contribution in [1.82, 2.24) is 9.21 Å². The summed E-state index contributed by atoms with van der Waals surface area (Å²) in [6.45, 7) is 3.30. The second kappa shape index (κ2) is 7.50. The molecule has 2 aliphatic rings. The maximum absolute atomic E-state index is 13.3. The number of likely N-dealkylation sites (tertiary alicyclic amines) is 1. The van der Waals surface area contributed by atoms with E-state index in [1.54, 1.807) is 48.5 Å². The topological polar surface area (TPSA) is 57.5 Å². The monoisotopic (exact) mass is 418 g/mol. The van der Waals surface area contributed by atoms with Crippen molar-refractivity contribution in [3.63, 3.8) is 0 Å². The van der Waals surface area contributed by atoms with E-state index in [0.29, 0.717) is 18.1 Å². The van der Waals surface area contributed by atoms with Gasteiger partial charge in [-0.25, -0.2) is 8.42 Å². The molecule has 3 atom stereocenters. The van der Waals surface area contributed by atoms with Gasteiger partial charge in [-0.05, 0) is 56.0 Å². The van der Waals surface area contributed by atoms with Crippen molar-refractivity contribution in [2.45, 2.75) is 43.2 Å². The highest BCUT2D eigenvalue weighted by molar-refractivity contribution is 7.89. The van der Waals surface area contributed by atoms with Crippen LogP contribution in [0.3, 0.4) is 0 Å². The number of nitrogens with zero attached hydrogens (tertiary/aromatic N) is 2. The van der Waals surface area contributed by atoms with Gasteiger partial charge in [0.15, 0.2) is 0 Å². The maximum Gasteiger partial charge on any atom is 0.244 e. The van der Waals surface area contributed by atoms with Gasteiger partial charge in [0.1, 0.15) is 6.04 Å². The summed E-state index contributed by atoms with van der Waals surface area (Å²) in [6, 6.07) is 12.6. The molecule has 2 heterocycles. The van der Waals surface area contributed by atoms with Crippen molar-refractivity contribution >= 4 is 27.5 Å². The van der Waals surface area contributed by atoms with Crippen LogP contribution >= 0.6 is 11.6 Å². The van der Waals surface area contributed by atoms with Crippen molar-refractivity contribution in [2.75, 3.05) is 13.1 Å². The summed E-state index contributed by atoms with van der Waals surface area (Å²) >= 11 is 5.99. The number of amides is 1. The summed E-state index contributed by atoms with van der Waals surface area (Å²) in [5.41, 5.74) is 1.77. The minimum atomic E-state index is -3.77. The van der Waals surface area contributed by atoms with Crippen molar-refractivity contribution < 1.29 is 13.2 Å². The van der Waals surface area contributed by atoms with E-state index >= 15 is 0 Å². The Bertz CT molecular complexity index is 968. The van der Waals surface area contributed by atoms with Crippen LogP contribution in [-0.4, -0.2) is 42.7 Å². The second-order valence-electron chi connectivity index (χ2n) is 7.48. The first-order valence-corrected chi connectivity index (χ1v) is 11.4. The van der Waals surface area contributed by atoms with Gasteiger partial charge in [-0.2, -0.15) is 4.31 Å². The van der Waals surface area contributed by atoms with Gasteiger partial charge in [0, 0.05) is 18.1 Å². The molecule has 7 heteroatoms. The predicted octanol–water partition coefficient (Wildman–Crippen LogP) is 3.78. The van der Waals surface area contributed by atoms with Crippen molar-refractivity contribution in [3.05, 3.63) is 64.7 Å². The van der Waals surface area contributed by atoms with Crippen LogP contribution in [0.5, 0.6) is 0 Å². The fraction of sp³-hybridized carbons (Fsp3) is 0.381. The summed E-state index contributed by atoms with van der Waals surface area (Å²) in [7, 11) is -3.77. The van der Waals surface area contributed by atoms with Gasteiger partial charge in [-0.3, -0.25) is 4.79 Å². The second-order valence-corrected chi connectivity index (χ2v) is 9.75. The fourth-order valence-corrected chi connectivity index (χ4v) is 5.71. The van der Waals surface area contributed by atoms with Crippen LogP contribution in [0.1, 0.15) is 36.4 Å². The van der Waals surface area contributed by atoms with E-state index in [-0.39, 0.29) is 10.8 Å². The Balaban J connectivity index is 1.68. The highest BCUT2D eigenvalue weighted by Crippen LogP contribution is 2.48. The first-order chi connectivity index (χ1) is 13.4. The Morgan fingerprint density at radius 1 is 0.964 bits per heavy atom. The Morgan fingerprint density at radius 3 is 2.18 bits per heavy atom. The summed E-state index contributed by atoms with van der Waals surface area (Å²) in [6.07, 6.45) is 3.05. The van der Waals surface area contributed by atoms with Crippen LogP contribution in [0, 0.1) is 6.92 Å². The van der Waals surface area contributed by atoms with E-state index < -0.39 is 22.1 Å². The molecule has 148 valence electrons. The molecule has 0 aliphatic carbocycles. The molecule has 0 aromatic heterocycles. The summed E-state index contributed by atoms with van der Waals surface area (Å²) in [5.74, 6) is -0.102. The quantitative estimate of drug-likeness (QED) is 0.710. The molecule has 0 spiro atoms. The molecule has 5 nitrogen and oxygen atoms in total. The normalized spacial score (nSPS) is 24.8. The van der Waals surface area contributed by atoms with Crippen LogP contribution in [0.4, 0.5) is 0 Å². The average Bonchev–Trinajstić information content (AvgIpc) is 3.45. The zero-order valence-corrected chi connectivity index (χ0v) is 17.3. The third-order valence-corrected chi connectivity index (χ3v) is 7.62. The highest BCUT2D eigenvalue weighted by Gasteiger charge is 2.61. The molecule has 28 heavy (non-hydrogen) atoms. The average molecular weight is 419 g/mol.